The van der Waals surface area contributed by atoms with Crippen molar-refractivity contribution in [3.8, 4) is 0 Å². The summed E-state index contributed by atoms with van der Waals surface area (Å²) in [4.78, 5) is 12.5. The predicted molar refractivity (Wildman–Crippen MR) is 84.2 cm³/mol. The maximum Gasteiger partial charge on any atom is 0.253 e. The largest absolute Gasteiger partial charge is 0.385 e. The van der Waals surface area contributed by atoms with Gasteiger partial charge in [0.1, 0.15) is 0 Å². The molecule has 0 radical (unpaired) electrons. The van der Waals surface area contributed by atoms with Crippen molar-refractivity contribution in [1.29, 1.82) is 0 Å². The van der Waals surface area contributed by atoms with E-state index in [1.807, 2.05) is 32.0 Å². The van der Waals surface area contributed by atoms with Gasteiger partial charge in [-0.15, -0.1) is 0 Å². The third-order valence-corrected chi connectivity index (χ3v) is 3.93. The fourth-order valence-electron chi connectivity index (χ4n) is 2.54. The third-order valence-electron chi connectivity index (χ3n) is 3.93. The van der Waals surface area contributed by atoms with Gasteiger partial charge >= 0.3 is 0 Å². The molecule has 0 aliphatic heterocycles. The van der Waals surface area contributed by atoms with Crippen molar-refractivity contribution in [1.82, 2.24) is 5.32 Å². The van der Waals surface area contributed by atoms with Crippen LogP contribution >= 0.6 is 0 Å². The summed E-state index contributed by atoms with van der Waals surface area (Å²) in [7, 11) is 0. The number of carbonyl (C=O) groups is 1. The molecular formula is C17H26N2O. The molecule has 0 aromatic heterocycles. The second-order valence-corrected chi connectivity index (χ2v) is 5.84. The summed E-state index contributed by atoms with van der Waals surface area (Å²) >= 11 is 0. The molecule has 0 saturated heterocycles. The summed E-state index contributed by atoms with van der Waals surface area (Å²) in [6.45, 7) is 7.06. The van der Waals surface area contributed by atoms with E-state index in [1.165, 1.54) is 18.4 Å². The van der Waals surface area contributed by atoms with E-state index in [0.717, 1.165) is 36.6 Å². The van der Waals surface area contributed by atoms with Crippen LogP contribution in [0.1, 0.15) is 55.5 Å². The lowest BCUT2D eigenvalue weighted by molar-refractivity contribution is 0.0933. The Morgan fingerprint density at radius 2 is 2.10 bits per heavy atom. The molecule has 1 aromatic rings. The Bertz CT molecular complexity index is 466. The summed E-state index contributed by atoms with van der Waals surface area (Å²) in [5.41, 5.74) is 2.86. The first-order valence-corrected chi connectivity index (χ1v) is 7.79. The van der Waals surface area contributed by atoms with E-state index in [9.17, 15) is 4.79 Å². The molecule has 1 aromatic carbocycles. The monoisotopic (exact) mass is 274 g/mol. The minimum atomic E-state index is 0.0495. The molecule has 1 saturated carbocycles. The summed E-state index contributed by atoms with van der Waals surface area (Å²) in [5.74, 6) is 0.889. The Kier molecular flexibility index (Phi) is 5.05. The van der Waals surface area contributed by atoms with Crippen LogP contribution in [-0.2, 0) is 0 Å². The second kappa shape index (κ2) is 6.78. The first kappa shape index (κ1) is 14.9. The van der Waals surface area contributed by atoms with Gasteiger partial charge in [-0.05, 0) is 50.3 Å². The lowest BCUT2D eigenvalue weighted by Gasteiger charge is -2.18. The molecule has 1 aliphatic carbocycles. The van der Waals surface area contributed by atoms with Crippen LogP contribution in [0.15, 0.2) is 18.2 Å². The molecular weight excluding hydrogens is 248 g/mol. The zero-order valence-corrected chi connectivity index (χ0v) is 12.8. The Morgan fingerprint density at radius 1 is 1.35 bits per heavy atom. The average molecular weight is 274 g/mol. The number of anilines is 1. The molecule has 0 heterocycles. The zero-order chi connectivity index (χ0) is 14.5. The fraction of sp³-hybridized carbons (Fsp3) is 0.588. The lowest BCUT2D eigenvalue weighted by Crippen LogP contribution is -2.35. The molecule has 3 heteroatoms. The normalized spacial score (nSPS) is 15.8. The van der Waals surface area contributed by atoms with E-state index in [2.05, 4.69) is 17.6 Å². The van der Waals surface area contributed by atoms with Crippen LogP contribution in [0.5, 0.6) is 0 Å². The number of hydrogen-bond acceptors (Lipinski definition) is 2. The first-order valence-electron chi connectivity index (χ1n) is 7.79. The Labute approximate surface area is 122 Å². The van der Waals surface area contributed by atoms with Gasteiger partial charge < -0.3 is 10.6 Å². The number of aryl methyl sites for hydroxylation is 1. The molecule has 2 N–H and O–H groups in total. The summed E-state index contributed by atoms with van der Waals surface area (Å²) < 4.78 is 0. The van der Waals surface area contributed by atoms with E-state index in [1.54, 1.807) is 0 Å². The molecule has 1 atom stereocenters. The maximum atomic E-state index is 12.5. The minimum Gasteiger partial charge on any atom is -0.385 e. The molecule has 1 amide bonds. The van der Waals surface area contributed by atoms with Crippen LogP contribution in [0, 0.1) is 12.8 Å². The molecule has 3 nitrogen and oxygen atoms in total. The van der Waals surface area contributed by atoms with Crippen molar-refractivity contribution >= 4 is 11.6 Å². The topological polar surface area (TPSA) is 41.1 Å². The minimum absolute atomic E-state index is 0.0495. The van der Waals surface area contributed by atoms with Gasteiger partial charge in [0.15, 0.2) is 0 Å². The molecule has 1 unspecified atom stereocenters. The van der Waals surface area contributed by atoms with Gasteiger partial charge in [-0.1, -0.05) is 25.8 Å². The summed E-state index contributed by atoms with van der Waals surface area (Å²) in [6, 6.07) is 6.27. The van der Waals surface area contributed by atoms with E-state index in [4.69, 9.17) is 0 Å². The van der Waals surface area contributed by atoms with Crippen LogP contribution in [0.3, 0.4) is 0 Å². The predicted octanol–water partition coefficient (Wildman–Crippen LogP) is 3.74. The van der Waals surface area contributed by atoms with Crippen molar-refractivity contribution < 1.29 is 4.79 Å². The number of benzene rings is 1. The van der Waals surface area contributed by atoms with Crippen LogP contribution in [-0.4, -0.2) is 18.5 Å². The van der Waals surface area contributed by atoms with Gasteiger partial charge in [0.05, 0.1) is 5.56 Å². The van der Waals surface area contributed by atoms with E-state index in [0.29, 0.717) is 6.04 Å². The number of amides is 1. The molecule has 0 spiro atoms. The summed E-state index contributed by atoms with van der Waals surface area (Å²) in [6.07, 6.45) is 4.80. The van der Waals surface area contributed by atoms with Crippen LogP contribution in [0.25, 0.3) is 0 Å². The number of hydrogen-bond donors (Lipinski definition) is 2. The quantitative estimate of drug-likeness (QED) is 0.795. The van der Waals surface area contributed by atoms with Gasteiger partial charge in [-0.2, -0.15) is 0 Å². The van der Waals surface area contributed by atoms with Gasteiger partial charge in [0.2, 0.25) is 0 Å². The molecule has 1 aliphatic rings. The number of rotatable bonds is 7. The van der Waals surface area contributed by atoms with Crippen LogP contribution in [0.4, 0.5) is 5.69 Å². The maximum absolute atomic E-state index is 12.5. The van der Waals surface area contributed by atoms with Crippen molar-refractivity contribution in [2.45, 2.75) is 52.5 Å². The van der Waals surface area contributed by atoms with Crippen LogP contribution in [0.2, 0.25) is 0 Å². The standard InChI is InChI=1S/C17H26N2O/c1-4-14(11-13-7-8-13)19-17(20)15-9-6-12(3)10-16(15)18-5-2/h6,9-10,13-14,18H,4-5,7-8,11H2,1-3H3,(H,19,20). The lowest BCUT2D eigenvalue weighted by atomic mass is 10.1. The van der Waals surface area contributed by atoms with Crippen molar-refractivity contribution in [3.63, 3.8) is 0 Å². The number of carbonyl (C=O) groups excluding carboxylic acids is 1. The highest BCUT2D eigenvalue weighted by atomic mass is 16.1. The first-order chi connectivity index (χ1) is 9.63. The van der Waals surface area contributed by atoms with Gasteiger partial charge in [0.25, 0.3) is 5.91 Å². The van der Waals surface area contributed by atoms with Crippen molar-refractivity contribution in [3.05, 3.63) is 29.3 Å². The van der Waals surface area contributed by atoms with E-state index >= 15 is 0 Å². The fourth-order valence-corrected chi connectivity index (χ4v) is 2.54. The zero-order valence-electron chi connectivity index (χ0n) is 12.8. The molecule has 1 fully saturated rings. The van der Waals surface area contributed by atoms with Crippen molar-refractivity contribution in [2.75, 3.05) is 11.9 Å². The Hall–Kier alpha value is -1.51. The second-order valence-electron chi connectivity index (χ2n) is 5.84. The van der Waals surface area contributed by atoms with Gasteiger partial charge in [-0.25, -0.2) is 0 Å². The van der Waals surface area contributed by atoms with Gasteiger partial charge in [0, 0.05) is 18.3 Å². The van der Waals surface area contributed by atoms with Crippen LogP contribution < -0.4 is 10.6 Å². The van der Waals surface area contributed by atoms with Crippen molar-refractivity contribution in [2.24, 2.45) is 5.92 Å². The molecule has 0 bridgehead atoms. The van der Waals surface area contributed by atoms with E-state index in [-0.39, 0.29) is 5.91 Å². The SMILES string of the molecule is CCNc1cc(C)ccc1C(=O)NC(CC)CC1CC1. The highest BCUT2D eigenvalue weighted by Crippen LogP contribution is 2.34. The van der Waals surface area contributed by atoms with E-state index < -0.39 is 0 Å². The Balaban J connectivity index is 2.06. The smallest absolute Gasteiger partial charge is 0.253 e. The average Bonchev–Trinajstić information content (AvgIpc) is 3.22. The number of nitrogens with one attached hydrogen (secondary N) is 2. The Morgan fingerprint density at radius 3 is 2.70 bits per heavy atom. The molecule has 110 valence electrons. The molecule has 20 heavy (non-hydrogen) atoms. The highest BCUT2D eigenvalue weighted by molar-refractivity contribution is 5.99. The van der Waals surface area contributed by atoms with Gasteiger partial charge in [-0.3, -0.25) is 4.79 Å². The highest BCUT2D eigenvalue weighted by Gasteiger charge is 2.26. The summed E-state index contributed by atoms with van der Waals surface area (Å²) in [5, 5.41) is 6.48. The third kappa shape index (κ3) is 3.99. The molecule has 2 rings (SSSR count).